The van der Waals surface area contributed by atoms with E-state index in [-0.39, 0.29) is 17.6 Å². The highest BCUT2D eigenvalue weighted by molar-refractivity contribution is 6.09. The van der Waals surface area contributed by atoms with Gasteiger partial charge < -0.3 is 25.6 Å². The Kier molecular flexibility index (Phi) is 9.15. The third-order valence-corrected chi connectivity index (χ3v) is 8.41. The first-order valence-electron chi connectivity index (χ1n) is 15.2. The molecule has 3 aromatic carbocycles. The second-order valence-electron chi connectivity index (χ2n) is 11.4. The van der Waals surface area contributed by atoms with E-state index in [1.165, 1.54) is 5.56 Å². The van der Waals surface area contributed by atoms with Crippen LogP contribution in [0.5, 0.6) is 5.75 Å². The van der Waals surface area contributed by atoms with Gasteiger partial charge in [0.05, 0.1) is 25.3 Å². The van der Waals surface area contributed by atoms with E-state index in [9.17, 15) is 10.1 Å². The molecule has 2 aliphatic heterocycles. The number of benzene rings is 3. The Morgan fingerprint density at radius 2 is 1.93 bits per heavy atom. The number of fused-ring (bicyclic) bond motifs is 1. The highest BCUT2D eigenvalue weighted by Gasteiger charge is 2.26. The van der Waals surface area contributed by atoms with Gasteiger partial charge in [0.2, 0.25) is 5.95 Å². The third-order valence-electron chi connectivity index (χ3n) is 8.41. The number of nitrogens with one attached hydrogen (secondary N) is 3. The summed E-state index contributed by atoms with van der Waals surface area (Å²) in [6.07, 6.45) is 2.63. The van der Waals surface area contributed by atoms with Gasteiger partial charge in [-0.25, -0.2) is 4.98 Å². The maximum atomic E-state index is 13.8. The van der Waals surface area contributed by atoms with Gasteiger partial charge in [-0.15, -0.1) is 0 Å². The Hall–Kier alpha value is -4.72. The summed E-state index contributed by atoms with van der Waals surface area (Å²) in [4.78, 5) is 28.0. The third kappa shape index (κ3) is 6.91. The van der Waals surface area contributed by atoms with Crippen molar-refractivity contribution in [1.29, 1.82) is 5.26 Å². The normalized spacial score (nSPS) is 18.6. The monoisotopic (exact) mass is 590 g/mol. The fourth-order valence-corrected chi connectivity index (χ4v) is 6.12. The molecule has 2 saturated heterocycles. The molecule has 0 bridgehead atoms. The van der Waals surface area contributed by atoms with Crippen molar-refractivity contribution in [2.75, 3.05) is 55.4 Å². The van der Waals surface area contributed by atoms with Crippen molar-refractivity contribution in [3.05, 3.63) is 84.1 Å². The number of nitrogens with zero attached hydrogens (tertiary/aromatic N) is 5. The summed E-state index contributed by atoms with van der Waals surface area (Å²) >= 11 is 0. The van der Waals surface area contributed by atoms with Crippen LogP contribution in [0.15, 0.2) is 72.8 Å². The molecule has 0 spiro atoms. The molecule has 10 heteroatoms. The zero-order valence-corrected chi connectivity index (χ0v) is 25.0. The van der Waals surface area contributed by atoms with Crippen molar-refractivity contribution < 1.29 is 9.53 Å². The van der Waals surface area contributed by atoms with Crippen LogP contribution in [0.25, 0.3) is 10.8 Å². The number of carbonyl (C=O) groups excluding carboxylic acids is 1. The molecule has 2 aliphatic rings. The van der Waals surface area contributed by atoms with Gasteiger partial charge in [-0.2, -0.15) is 10.2 Å². The number of amides is 1. The number of methoxy groups -OCH3 is 1. The van der Waals surface area contributed by atoms with Crippen molar-refractivity contribution in [2.24, 2.45) is 0 Å². The maximum absolute atomic E-state index is 13.8. The minimum Gasteiger partial charge on any atom is -0.497 e. The molecule has 1 amide bonds. The van der Waals surface area contributed by atoms with Gasteiger partial charge in [0, 0.05) is 62.3 Å². The Balaban J connectivity index is 1.25. The van der Waals surface area contributed by atoms with Gasteiger partial charge in [-0.05, 0) is 36.4 Å². The van der Waals surface area contributed by atoms with Crippen LogP contribution in [0.3, 0.4) is 0 Å². The fraction of sp³-hybridized carbons (Fsp3) is 0.353. The molecule has 44 heavy (non-hydrogen) atoms. The van der Waals surface area contributed by atoms with Crippen molar-refractivity contribution in [3.8, 4) is 11.8 Å². The van der Waals surface area contributed by atoms with E-state index >= 15 is 0 Å². The number of piperazine rings is 1. The summed E-state index contributed by atoms with van der Waals surface area (Å²) in [5, 5.41) is 21.1. The molecule has 0 unspecified atom stereocenters. The number of hydrogen-bond donors (Lipinski definition) is 3. The Labute approximate surface area is 258 Å². The highest BCUT2D eigenvalue weighted by Crippen LogP contribution is 2.30. The summed E-state index contributed by atoms with van der Waals surface area (Å²) in [6, 6.07) is 26.5. The lowest BCUT2D eigenvalue weighted by Crippen LogP contribution is -2.51. The average Bonchev–Trinajstić information content (AvgIpc) is 3.51. The number of anilines is 3. The van der Waals surface area contributed by atoms with Crippen LogP contribution in [0.4, 0.5) is 17.5 Å². The molecule has 2 atom stereocenters. The summed E-state index contributed by atoms with van der Waals surface area (Å²) in [5.41, 5.74) is 2.22. The molecule has 10 nitrogen and oxygen atoms in total. The fourth-order valence-electron chi connectivity index (χ4n) is 6.12. The van der Waals surface area contributed by atoms with Crippen LogP contribution < -0.4 is 25.6 Å². The molecule has 6 rings (SSSR count). The molecule has 0 radical (unpaired) electrons. The van der Waals surface area contributed by atoms with Crippen LogP contribution in [0.2, 0.25) is 0 Å². The molecular formula is C34H38N8O2. The number of carbonyl (C=O) groups is 1. The van der Waals surface area contributed by atoms with Crippen molar-refractivity contribution in [1.82, 2.24) is 20.2 Å². The topological polar surface area (TPSA) is 118 Å². The van der Waals surface area contributed by atoms with E-state index in [4.69, 9.17) is 14.7 Å². The Morgan fingerprint density at radius 3 is 2.77 bits per heavy atom. The van der Waals surface area contributed by atoms with E-state index in [2.05, 4.69) is 56.1 Å². The molecule has 2 fully saturated rings. The molecular weight excluding hydrogens is 552 g/mol. The smallest absolute Gasteiger partial charge is 0.274 e. The second-order valence-corrected chi connectivity index (χ2v) is 11.4. The zero-order valence-electron chi connectivity index (χ0n) is 25.0. The summed E-state index contributed by atoms with van der Waals surface area (Å²) in [5.74, 6) is 1.42. The summed E-state index contributed by atoms with van der Waals surface area (Å²) < 4.78 is 5.50. The van der Waals surface area contributed by atoms with E-state index < -0.39 is 0 Å². The van der Waals surface area contributed by atoms with Crippen LogP contribution in [0, 0.1) is 11.3 Å². The molecule has 3 N–H and O–H groups in total. The lowest BCUT2D eigenvalue weighted by molar-refractivity contribution is 0.102. The predicted molar refractivity (Wildman–Crippen MR) is 173 cm³/mol. The average molecular weight is 591 g/mol. The van der Waals surface area contributed by atoms with Crippen LogP contribution in [0.1, 0.15) is 35.3 Å². The van der Waals surface area contributed by atoms with Crippen molar-refractivity contribution in [3.63, 3.8) is 0 Å². The maximum Gasteiger partial charge on any atom is 0.274 e. The van der Waals surface area contributed by atoms with Crippen LogP contribution >= 0.6 is 0 Å². The van der Waals surface area contributed by atoms with Crippen LogP contribution in [-0.2, 0) is 6.54 Å². The lowest BCUT2D eigenvalue weighted by Gasteiger charge is -2.33. The number of hydrogen-bond acceptors (Lipinski definition) is 9. The summed E-state index contributed by atoms with van der Waals surface area (Å²) in [7, 11) is 1.61. The largest absolute Gasteiger partial charge is 0.497 e. The Morgan fingerprint density at radius 1 is 1.09 bits per heavy atom. The second kappa shape index (κ2) is 13.7. The van der Waals surface area contributed by atoms with Gasteiger partial charge in [-0.3, -0.25) is 9.69 Å². The number of ether oxygens (including phenoxy) is 1. The standard InChI is InChI=1S/C34H38N8O2/c1-44-28-18-25-10-5-6-12-29(25)30(19-28)38-33(43)31-20-32(42-17-15-36-26(23-42)13-14-35)40-34(39-31)37-21-27-11-7-16-41(27)22-24-8-3-2-4-9-24/h2-6,8-10,12,18-20,26-27,36H,7,11,13,15-17,21-23H2,1H3,(H,38,43)(H,37,39,40)/t26-,27-/m0/s1. The van der Waals surface area contributed by atoms with E-state index in [0.717, 1.165) is 43.2 Å². The van der Waals surface area contributed by atoms with Crippen molar-refractivity contribution in [2.45, 2.75) is 37.9 Å². The minimum atomic E-state index is -0.328. The molecule has 0 saturated carbocycles. The number of likely N-dealkylation sites (tertiary alicyclic amines) is 1. The first kappa shape index (κ1) is 29.4. The lowest BCUT2D eigenvalue weighted by atomic mass is 10.1. The molecule has 0 aliphatic carbocycles. The molecule has 1 aromatic heterocycles. The van der Waals surface area contributed by atoms with Gasteiger partial charge in [-0.1, -0.05) is 54.6 Å². The number of nitriles is 1. The van der Waals surface area contributed by atoms with Gasteiger partial charge >= 0.3 is 0 Å². The first-order chi connectivity index (χ1) is 21.6. The molecule has 3 heterocycles. The van der Waals surface area contributed by atoms with Gasteiger partial charge in [0.15, 0.2) is 0 Å². The highest BCUT2D eigenvalue weighted by atomic mass is 16.5. The van der Waals surface area contributed by atoms with E-state index in [0.29, 0.717) is 55.3 Å². The number of aromatic nitrogens is 2. The minimum absolute atomic E-state index is 0.0329. The van der Waals surface area contributed by atoms with Gasteiger partial charge in [0.1, 0.15) is 17.3 Å². The predicted octanol–water partition coefficient (Wildman–Crippen LogP) is 4.66. The first-order valence-corrected chi connectivity index (χ1v) is 15.2. The number of rotatable bonds is 10. The van der Waals surface area contributed by atoms with Crippen molar-refractivity contribution >= 4 is 34.1 Å². The Bertz CT molecular complexity index is 1640. The zero-order chi connectivity index (χ0) is 30.3. The van der Waals surface area contributed by atoms with Gasteiger partial charge in [0.25, 0.3) is 5.91 Å². The van der Waals surface area contributed by atoms with E-state index in [1.54, 1.807) is 13.2 Å². The summed E-state index contributed by atoms with van der Waals surface area (Å²) in [6.45, 7) is 4.69. The molecule has 4 aromatic rings. The van der Waals surface area contributed by atoms with Crippen LogP contribution in [-0.4, -0.2) is 72.7 Å². The quantitative estimate of drug-likeness (QED) is 0.242. The SMILES string of the molecule is COc1cc(NC(=O)c2cc(N3CCN[C@@H](CC#N)C3)nc(NC[C@@H]3CCCN3Cc3ccccc3)n2)c2ccccc2c1. The molecule has 226 valence electrons. The van der Waals surface area contributed by atoms with E-state index in [1.807, 2.05) is 42.5 Å².